The molecule has 0 atom stereocenters. The van der Waals surface area contributed by atoms with Crippen LogP contribution in [0.5, 0.6) is 11.5 Å². The number of hydrogen-bond donors (Lipinski definition) is 1. The summed E-state index contributed by atoms with van der Waals surface area (Å²) in [7, 11) is -2.39. The van der Waals surface area contributed by atoms with Gasteiger partial charge in [0.2, 0.25) is 0 Å². The molecule has 0 heterocycles. The summed E-state index contributed by atoms with van der Waals surface area (Å²) in [5, 5.41) is 17.9. The van der Waals surface area contributed by atoms with Gasteiger partial charge in [0, 0.05) is 34.2 Å². The van der Waals surface area contributed by atoms with Crippen LogP contribution in [0.1, 0.15) is 38.8 Å². The first-order chi connectivity index (χ1) is 18.9. The van der Waals surface area contributed by atoms with Gasteiger partial charge >= 0.3 is 47.5 Å². The van der Waals surface area contributed by atoms with Crippen LogP contribution in [0.4, 0.5) is 0 Å². The molecule has 1 N–H and O–H groups in total. The van der Waals surface area contributed by atoms with E-state index in [2.05, 4.69) is 44.2 Å². The van der Waals surface area contributed by atoms with E-state index in [9.17, 15) is 19.5 Å². The molecular formula is C29H43NaO10Si2. The minimum atomic E-state index is -1.22. The minimum absolute atomic E-state index is 0. The zero-order chi connectivity index (χ0) is 31.8. The van der Waals surface area contributed by atoms with Crippen molar-refractivity contribution in [1.29, 1.82) is 0 Å². The van der Waals surface area contributed by atoms with Crippen molar-refractivity contribution < 1.29 is 78.2 Å². The van der Waals surface area contributed by atoms with Gasteiger partial charge in [0.05, 0.1) is 24.3 Å². The second-order valence-corrected chi connectivity index (χ2v) is 22.8. The van der Waals surface area contributed by atoms with Crippen LogP contribution in [0.3, 0.4) is 0 Å². The molecule has 2 aromatic rings. The quantitative estimate of drug-likeness (QED) is 0.103. The minimum Gasteiger partial charge on any atom is -0.662 e. The van der Waals surface area contributed by atoms with Crippen molar-refractivity contribution in [2.75, 3.05) is 13.2 Å². The number of phenolic OH excluding ortho intramolecular Hbond substituents is 1. The normalized spacial score (nSPS) is 10.3. The van der Waals surface area contributed by atoms with Crippen molar-refractivity contribution in [3.8, 4) is 11.5 Å². The van der Waals surface area contributed by atoms with Crippen molar-refractivity contribution in [2.45, 2.75) is 72.1 Å². The van der Waals surface area contributed by atoms with E-state index in [1.807, 2.05) is 0 Å². The Morgan fingerprint density at radius 2 is 1.21 bits per heavy atom. The summed E-state index contributed by atoms with van der Waals surface area (Å²) >= 11 is 0. The molecule has 0 aliphatic heterocycles. The number of hydrogen-bond acceptors (Lipinski definition) is 10. The van der Waals surface area contributed by atoms with E-state index in [-0.39, 0.29) is 53.7 Å². The molecule has 13 heteroatoms. The molecule has 10 nitrogen and oxygen atoms in total. The van der Waals surface area contributed by atoms with Gasteiger partial charge in [0.25, 0.3) is 6.47 Å². The molecule has 0 saturated heterocycles. The second-order valence-electron chi connectivity index (χ2n) is 11.6. The van der Waals surface area contributed by atoms with Gasteiger partial charge in [-0.1, -0.05) is 51.4 Å². The van der Waals surface area contributed by atoms with E-state index in [1.165, 1.54) is 6.92 Å². The molecule has 0 saturated carbocycles. The monoisotopic (exact) mass is 630 g/mol. The van der Waals surface area contributed by atoms with Crippen molar-refractivity contribution in [1.82, 2.24) is 0 Å². The van der Waals surface area contributed by atoms with Gasteiger partial charge < -0.3 is 29.5 Å². The molecule has 2 rings (SSSR count). The van der Waals surface area contributed by atoms with E-state index >= 15 is 0 Å². The fourth-order valence-corrected chi connectivity index (χ4v) is 4.43. The second kappa shape index (κ2) is 20.4. The third-order valence-electron chi connectivity index (χ3n) is 5.49. The maximum absolute atomic E-state index is 12.0. The van der Waals surface area contributed by atoms with Crippen LogP contribution >= 0.6 is 0 Å². The van der Waals surface area contributed by atoms with E-state index in [0.717, 1.165) is 12.1 Å². The third-order valence-corrected chi connectivity index (χ3v) is 8.90. The molecule has 0 bridgehead atoms. The van der Waals surface area contributed by atoms with Crippen molar-refractivity contribution >= 4 is 40.5 Å². The number of phenols is 1. The summed E-state index contributed by atoms with van der Waals surface area (Å²) in [5.74, 6) is -0.592. The Kier molecular flexibility index (Phi) is 20.3. The first kappa shape index (κ1) is 41.6. The standard InChI is InChI=1S/C15H22O4Si.C13H20O3Si.CH2O3.Na/c1-11-13(7-6-8-14(11)19-12(2)16)15(17)18-9-10-20(3,4)5;1-10-11(6-5-7-12(10)14)13(15)16-8-9-17(2,3)4;2-1-4-3;/h6-8H,9-10H2,1-5H3;5-7,14H,8-9H2,1-4H3;1,3H;/q;;;+1/p-1. The van der Waals surface area contributed by atoms with Gasteiger partial charge in [0.15, 0.2) is 0 Å². The van der Waals surface area contributed by atoms with E-state index < -0.39 is 22.1 Å². The van der Waals surface area contributed by atoms with Crippen LogP contribution in [0.15, 0.2) is 36.4 Å². The molecule has 0 spiro atoms. The van der Waals surface area contributed by atoms with Gasteiger partial charge in [-0.3, -0.25) is 9.59 Å². The van der Waals surface area contributed by atoms with E-state index in [1.54, 1.807) is 50.2 Å². The molecular weight excluding hydrogens is 587 g/mol. The predicted molar refractivity (Wildman–Crippen MR) is 159 cm³/mol. The molecule has 2 aromatic carbocycles. The molecule has 0 radical (unpaired) electrons. The van der Waals surface area contributed by atoms with Gasteiger partial charge in [0.1, 0.15) is 11.5 Å². The summed E-state index contributed by atoms with van der Waals surface area (Å²) in [6.07, 6.45) is 0. The molecule has 42 heavy (non-hydrogen) atoms. The van der Waals surface area contributed by atoms with E-state index in [4.69, 9.17) is 24.3 Å². The number of rotatable bonds is 10. The van der Waals surface area contributed by atoms with Gasteiger partial charge in [-0.25, -0.2) is 9.59 Å². The average molecular weight is 631 g/mol. The fraction of sp³-hybridized carbons (Fsp3) is 0.448. The number of aromatic hydroxyl groups is 1. The molecule has 0 aliphatic rings. The van der Waals surface area contributed by atoms with Crippen LogP contribution in [0.2, 0.25) is 51.4 Å². The summed E-state index contributed by atoms with van der Waals surface area (Å²) in [4.78, 5) is 46.1. The van der Waals surface area contributed by atoms with E-state index in [0.29, 0.717) is 41.2 Å². The SMILES string of the molecule is CC(=O)Oc1cccc(C(=O)OCC[Si](C)(C)C)c1C.Cc1c(O)cccc1C(=O)OCC[Si](C)(C)C.O=CO[O-].[Na+]. The van der Waals surface area contributed by atoms with Gasteiger partial charge in [-0.2, -0.15) is 0 Å². The van der Waals surface area contributed by atoms with Crippen LogP contribution in [-0.4, -0.2) is 58.8 Å². The Hall–Kier alpha value is -2.49. The molecule has 0 amide bonds. The molecule has 0 unspecified atom stereocenters. The number of carbonyl (C=O) groups is 4. The van der Waals surface area contributed by atoms with Crippen LogP contribution < -0.4 is 39.6 Å². The molecule has 228 valence electrons. The van der Waals surface area contributed by atoms with Crippen molar-refractivity contribution in [3.05, 3.63) is 58.7 Å². The smallest absolute Gasteiger partial charge is 0.662 e. The fourth-order valence-electron chi connectivity index (χ4n) is 3.00. The molecule has 0 fully saturated rings. The zero-order valence-electron chi connectivity index (χ0n) is 26.5. The average Bonchev–Trinajstić information content (AvgIpc) is 2.85. The van der Waals surface area contributed by atoms with Crippen molar-refractivity contribution in [3.63, 3.8) is 0 Å². The Bertz CT molecular complexity index is 1160. The number of benzene rings is 2. The Morgan fingerprint density at radius 3 is 1.60 bits per heavy atom. The third kappa shape index (κ3) is 18.1. The Balaban J connectivity index is 0. The summed E-state index contributed by atoms with van der Waals surface area (Å²) < 4.78 is 15.6. The number of esters is 3. The summed E-state index contributed by atoms with van der Waals surface area (Å²) in [6, 6.07) is 11.8. The Labute approximate surface area is 272 Å². The number of ether oxygens (including phenoxy) is 3. The van der Waals surface area contributed by atoms with Crippen LogP contribution in [-0.2, 0) is 24.0 Å². The maximum atomic E-state index is 12.0. The van der Waals surface area contributed by atoms with Gasteiger partial charge in [-0.05, 0) is 50.2 Å². The summed E-state index contributed by atoms with van der Waals surface area (Å²) in [5.41, 5.74) is 2.09. The predicted octanol–water partition coefficient (Wildman–Crippen LogP) is 2.05. The maximum Gasteiger partial charge on any atom is 1.00 e. The van der Waals surface area contributed by atoms with Crippen molar-refractivity contribution in [2.24, 2.45) is 0 Å². The largest absolute Gasteiger partial charge is 1.00 e. The summed E-state index contributed by atoms with van der Waals surface area (Å²) in [6.45, 7) is 18.9. The Morgan fingerprint density at radius 1 is 0.810 bits per heavy atom. The first-order valence-corrected chi connectivity index (χ1v) is 20.5. The first-order valence-electron chi connectivity index (χ1n) is 13.1. The zero-order valence-corrected chi connectivity index (χ0v) is 30.5. The number of carbonyl (C=O) groups excluding carboxylic acids is 4. The van der Waals surface area contributed by atoms with Crippen LogP contribution in [0.25, 0.3) is 0 Å². The van der Waals surface area contributed by atoms with Gasteiger partial charge in [-0.15, -0.1) is 0 Å². The topological polar surface area (TPSA) is 148 Å². The molecule has 0 aliphatic carbocycles. The molecule has 0 aromatic heterocycles. The van der Waals surface area contributed by atoms with Crippen LogP contribution in [0, 0.1) is 13.8 Å².